The molecular weight excluding hydrogens is 328 g/mol. The highest BCUT2D eigenvalue weighted by molar-refractivity contribution is 7.89. The molecule has 23 heavy (non-hydrogen) atoms. The van der Waals surface area contributed by atoms with Gasteiger partial charge in [0.2, 0.25) is 10.0 Å². The van der Waals surface area contributed by atoms with Gasteiger partial charge in [-0.15, -0.1) is 0 Å². The van der Waals surface area contributed by atoms with Crippen molar-refractivity contribution < 1.29 is 27.1 Å². The van der Waals surface area contributed by atoms with Crippen molar-refractivity contribution in [1.29, 1.82) is 0 Å². The average molecular weight is 341 g/mol. The van der Waals surface area contributed by atoms with E-state index >= 15 is 0 Å². The lowest BCUT2D eigenvalue weighted by Gasteiger charge is -2.18. The van der Waals surface area contributed by atoms with Gasteiger partial charge in [0.15, 0.2) is 0 Å². The molecule has 0 saturated carbocycles. The Morgan fingerprint density at radius 2 is 1.70 bits per heavy atom. The first-order valence-corrected chi connectivity index (χ1v) is 8.02. The number of carboxylic acid groups (broad SMARTS) is 1. The molecule has 0 aliphatic carbocycles. The Morgan fingerprint density at radius 3 is 2.26 bits per heavy atom. The summed E-state index contributed by atoms with van der Waals surface area (Å²) in [4.78, 5) is 10.4. The van der Waals surface area contributed by atoms with Gasteiger partial charge in [-0.3, -0.25) is 4.79 Å². The minimum Gasteiger partial charge on any atom is -0.481 e. The summed E-state index contributed by atoms with van der Waals surface area (Å²) in [5.74, 6) is -2.75. The first-order chi connectivity index (χ1) is 10.8. The predicted octanol–water partition coefficient (Wildman–Crippen LogP) is 2.46. The van der Waals surface area contributed by atoms with Gasteiger partial charge < -0.3 is 5.11 Å². The summed E-state index contributed by atoms with van der Waals surface area (Å²) in [5.41, 5.74) is 0.258. The monoisotopic (exact) mass is 341 g/mol. The van der Waals surface area contributed by atoms with Gasteiger partial charge in [-0.2, -0.15) is 0 Å². The minimum absolute atomic E-state index is 0.258. The molecule has 0 aliphatic heterocycles. The maximum absolute atomic E-state index is 13.7. The van der Waals surface area contributed by atoms with Crippen LogP contribution in [0.25, 0.3) is 0 Å². The number of carbonyl (C=O) groups is 1. The van der Waals surface area contributed by atoms with Crippen LogP contribution in [-0.4, -0.2) is 19.5 Å². The van der Waals surface area contributed by atoms with E-state index in [4.69, 9.17) is 5.11 Å². The van der Waals surface area contributed by atoms with Crippen molar-refractivity contribution in [2.75, 3.05) is 0 Å². The molecule has 2 rings (SSSR count). The van der Waals surface area contributed by atoms with Crippen molar-refractivity contribution in [2.24, 2.45) is 0 Å². The Bertz CT molecular complexity index is 806. The molecule has 2 aromatic rings. The molecule has 8 heteroatoms. The van der Waals surface area contributed by atoms with E-state index in [-0.39, 0.29) is 5.56 Å². The van der Waals surface area contributed by atoms with E-state index in [0.29, 0.717) is 0 Å². The number of aliphatic carboxylic acids is 1. The zero-order valence-corrected chi connectivity index (χ0v) is 12.6. The Kier molecular flexibility index (Phi) is 5.07. The zero-order chi connectivity index (χ0) is 17.0. The first kappa shape index (κ1) is 17.0. The minimum atomic E-state index is -4.28. The number of hydrogen-bond donors (Lipinski definition) is 2. The first-order valence-electron chi connectivity index (χ1n) is 6.54. The third kappa shape index (κ3) is 4.33. The lowest BCUT2D eigenvalue weighted by Crippen LogP contribution is -2.30. The van der Waals surface area contributed by atoms with Crippen LogP contribution in [0.5, 0.6) is 0 Å². The summed E-state index contributed by atoms with van der Waals surface area (Å²) in [5, 5.41) is 8.94. The van der Waals surface area contributed by atoms with Crippen LogP contribution in [0.3, 0.4) is 0 Å². The lowest BCUT2D eigenvalue weighted by molar-refractivity contribution is -0.137. The van der Waals surface area contributed by atoms with Gasteiger partial charge in [0, 0.05) is 0 Å². The summed E-state index contributed by atoms with van der Waals surface area (Å²) >= 11 is 0. The Morgan fingerprint density at radius 1 is 1.09 bits per heavy atom. The maximum atomic E-state index is 13.7. The van der Waals surface area contributed by atoms with E-state index < -0.39 is 45.0 Å². The fourth-order valence-corrected chi connectivity index (χ4v) is 3.31. The number of halogens is 2. The third-order valence-corrected chi connectivity index (χ3v) is 4.58. The molecule has 0 heterocycles. The average Bonchev–Trinajstić information content (AvgIpc) is 2.47. The quantitative estimate of drug-likeness (QED) is 0.845. The van der Waals surface area contributed by atoms with Crippen LogP contribution in [0.4, 0.5) is 8.78 Å². The molecule has 0 radical (unpaired) electrons. The molecule has 0 aromatic heterocycles. The van der Waals surface area contributed by atoms with Crippen LogP contribution in [0.2, 0.25) is 0 Å². The summed E-state index contributed by atoms with van der Waals surface area (Å²) in [7, 11) is -4.28. The van der Waals surface area contributed by atoms with Crippen molar-refractivity contribution >= 4 is 16.0 Å². The molecular formula is C15H13F2NO4S. The topological polar surface area (TPSA) is 83.5 Å². The van der Waals surface area contributed by atoms with Gasteiger partial charge in [-0.1, -0.05) is 24.3 Å². The molecule has 5 nitrogen and oxygen atoms in total. The van der Waals surface area contributed by atoms with Gasteiger partial charge in [0.1, 0.15) is 16.5 Å². The van der Waals surface area contributed by atoms with E-state index in [1.165, 1.54) is 24.3 Å². The smallest absolute Gasteiger partial charge is 0.305 e. The van der Waals surface area contributed by atoms with Gasteiger partial charge in [0.25, 0.3) is 0 Å². The number of hydrogen-bond acceptors (Lipinski definition) is 3. The van der Waals surface area contributed by atoms with E-state index in [0.717, 1.165) is 24.3 Å². The van der Waals surface area contributed by atoms with Crippen LogP contribution in [0, 0.1) is 11.6 Å². The molecule has 0 amide bonds. The molecule has 2 aromatic carbocycles. The van der Waals surface area contributed by atoms with Crippen LogP contribution in [-0.2, 0) is 14.8 Å². The van der Waals surface area contributed by atoms with Crippen LogP contribution < -0.4 is 4.72 Å². The zero-order valence-electron chi connectivity index (χ0n) is 11.7. The van der Waals surface area contributed by atoms with Crippen molar-refractivity contribution in [2.45, 2.75) is 17.4 Å². The summed E-state index contributed by atoms with van der Waals surface area (Å²) < 4.78 is 53.3. The van der Waals surface area contributed by atoms with Gasteiger partial charge in [-0.05, 0) is 29.8 Å². The number of nitrogens with one attached hydrogen (secondary N) is 1. The van der Waals surface area contributed by atoms with Crippen molar-refractivity contribution in [1.82, 2.24) is 4.72 Å². The van der Waals surface area contributed by atoms with E-state index in [1.54, 1.807) is 0 Å². The second-order valence-electron chi connectivity index (χ2n) is 4.75. The predicted molar refractivity (Wildman–Crippen MR) is 78.1 cm³/mol. The van der Waals surface area contributed by atoms with E-state index in [2.05, 4.69) is 4.72 Å². The summed E-state index contributed by atoms with van der Waals surface area (Å²) in [6.45, 7) is 0. The van der Waals surface area contributed by atoms with Crippen molar-refractivity contribution in [3.05, 3.63) is 65.7 Å². The highest BCUT2D eigenvalue weighted by atomic mass is 32.2. The second-order valence-corrected chi connectivity index (χ2v) is 6.44. The van der Waals surface area contributed by atoms with E-state index in [9.17, 15) is 22.0 Å². The fourth-order valence-electron chi connectivity index (χ4n) is 2.01. The second kappa shape index (κ2) is 6.84. The molecule has 0 bridgehead atoms. The number of carboxylic acids is 1. The molecule has 1 atom stereocenters. The van der Waals surface area contributed by atoms with Crippen LogP contribution in [0.15, 0.2) is 53.4 Å². The molecule has 0 saturated heterocycles. The van der Waals surface area contributed by atoms with Crippen LogP contribution >= 0.6 is 0 Å². The van der Waals surface area contributed by atoms with Crippen molar-refractivity contribution in [3.8, 4) is 0 Å². The molecule has 0 fully saturated rings. The number of rotatable bonds is 6. The Hall–Kier alpha value is -2.32. The standard InChI is InChI=1S/C15H13F2NO4S/c16-11-7-5-10(6-8-11)13(9-15(19)20)18-23(21,22)14-4-2-1-3-12(14)17/h1-8,13,18H,9H2,(H,19,20). The van der Waals surface area contributed by atoms with Gasteiger partial charge in [-0.25, -0.2) is 21.9 Å². The Balaban J connectivity index is 2.36. The Labute approximate surface area is 131 Å². The fraction of sp³-hybridized carbons (Fsp3) is 0.133. The number of sulfonamides is 1. The summed E-state index contributed by atoms with van der Waals surface area (Å²) in [6, 6.07) is 8.30. The largest absolute Gasteiger partial charge is 0.481 e. The van der Waals surface area contributed by atoms with Gasteiger partial charge >= 0.3 is 5.97 Å². The molecule has 0 aliphatic rings. The van der Waals surface area contributed by atoms with Gasteiger partial charge in [0.05, 0.1) is 12.5 Å². The van der Waals surface area contributed by atoms with Crippen molar-refractivity contribution in [3.63, 3.8) is 0 Å². The summed E-state index contributed by atoms with van der Waals surface area (Å²) in [6.07, 6.45) is -0.570. The molecule has 0 spiro atoms. The lowest BCUT2D eigenvalue weighted by atomic mass is 10.1. The highest BCUT2D eigenvalue weighted by Crippen LogP contribution is 2.22. The highest BCUT2D eigenvalue weighted by Gasteiger charge is 2.25. The SMILES string of the molecule is O=C(O)CC(NS(=O)(=O)c1ccccc1F)c1ccc(F)cc1. The third-order valence-electron chi connectivity index (χ3n) is 3.07. The normalized spacial score (nSPS) is 12.8. The molecule has 1 unspecified atom stereocenters. The molecule has 122 valence electrons. The maximum Gasteiger partial charge on any atom is 0.305 e. The van der Waals surface area contributed by atoms with E-state index in [1.807, 2.05) is 0 Å². The van der Waals surface area contributed by atoms with Crippen LogP contribution in [0.1, 0.15) is 18.0 Å². The number of benzene rings is 2. The molecule has 2 N–H and O–H groups in total.